The Labute approximate surface area is 192 Å². The number of amides is 1. The third-order valence-corrected chi connectivity index (χ3v) is 7.91. The number of nitrogens with zero attached hydrogens (tertiary/aromatic N) is 4. The Morgan fingerprint density at radius 2 is 1.78 bits per heavy atom. The van der Waals surface area contributed by atoms with E-state index in [1.807, 2.05) is 17.0 Å². The first-order valence-corrected chi connectivity index (χ1v) is 12.9. The molecule has 7 nitrogen and oxygen atoms in total. The first-order chi connectivity index (χ1) is 15.5. The molecule has 2 aromatic carbocycles. The number of hydrogen-bond donors (Lipinski definition) is 0. The molecule has 0 fully saturated rings. The van der Waals surface area contributed by atoms with Crippen molar-refractivity contribution >= 4 is 27.5 Å². The highest BCUT2D eigenvalue weighted by Crippen LogP contribution is 2.23. The summed E-state index contributed by atoms with van der Waals surface area (Å²) < 4.78 is 27.2. The van der Waals surface area contributed by atoms with Crippen molar-refractivity contribution in [3.05, 3.63) is 84.2 Å². The molecule has 9 heteroatoms. The van der Waals surface area contributed by atoms with Gasteiger partial charge >= 0.3 is 0 Å². The molecule has 0 bridgehead atoms. The topological polar surface area (TPSA) is 85.2 Å². The summed E-state index contributed by atoms with van der Waals surface area (Å²) >= 11 is 1.27. The minimum Gasteiger partial charge on any atom is -0.337 e. The second kappa shape index (κ2) is 9.70. The van der Waals surface area contributed by atoms with Crippen molar-refractivity contribution in [1.82, 2.24) is 19.7 Å². The monoisotopic (exact) mass is 468 g/mol. The van der Waals surface area contributed by atoms with Crippen LogP contribution in [0.3, 0.4) is 0 Å². The van der Waals surface area contributed by atoms with Crippen LogP contribution in [0.5, 0.6) is 0 Å². The van der Waals surface area contributed by atoms with Gasteiger partial charge in [-0.05, 0) is 29.7 Å². The number of carbonyl (C=O) groups is 1. The van der Waals surface area contributed by atoms with E-state index in [1.54, 1.807) is 41.0 Å². The average molecular weight is 469 g/mol. The third kappa shape index (κ3) is 4.94. The molecule has 1 aliphatic heterocycles. The molecule has 1 aromatic heterocycles. The molecule has 1 amide bonds. The molecular weight excluding hydrogens is 444 g/mol. The summed E-state index contributed by atoms with van der Waals surface area (Å²) in [6.07, 6.45) is 2.51. The Kier molecular flexibility index (Phi) is 6.76. The van der Waals surface area contributed by atoms with Gasteiger partial charge in [-0.25, -0.2) is 8.42 Å². The molecule has 166 valence electrons. The largest absolute Gasteiger partial charge is 0.337 e. The SMILES string of the molecule is C=CCn1c(CS(=O)(=O)c2ccccc2)nnc1SCC(=O)N1CCc2ccccc2C1. The lowest BCUT2D eigenvalue weighted by Crippen LogP contribution is -2.37. The molecule has 0 N–H and O–H groups in total. The summed E-state index contributed by atoms with van der Waals surface area (Å²) in [4.78, 5) is 14.9. The number of thioether (sulfide) groups is 1. The van der Waals surface area contributed by atoms with E-state index in [1.165, 1.54) is 22.9 Å². The quantitative estimate of drug-likeness (QED) is 0.373. The Morgan fingerprint density at radius 1 is 1.06 bits per heavy atom. The highest BCUT2D eigenvalue weighted by atomic mass is 32.2. The molecule has 0 radical (unpaired) electrons. The highest BCUT2D eigenvalue weighted by molar-refractivity contribution is 7.99. The molecule has 2 heterocycles. The number of rotatable bonds is 8. The van der Waals surface area contributed by atoms with E-state index in [4.69, 9.17) is 0 Å². The van der Waals surface area contributed by atoms with Gasteiger partial charge in [0.1, 0.15) is 11.6 Å². The Hall–Kier alpha value is -2.91. The van der Waals surface area contributed by atoms with Gasteiger partial charge in [0.15, 0.2) is 15.0 Å². The van der Waals surface area contributed by atoms with Gasteiger partial charge < -0.3 is 9.47 Å². The lowest BCUT2D eigenvalue weighted by atomic mass is 10.00. The lowest BCUT2D eigenvalue weighted by Gasteiger charge is -2.28. The molecule has 0 aliphatic carbocycles. The number of aromatic nitrogens is 3. The van der Waals surface area contributed by atoms with Gasteiger partial charge in [-0.1, -0.05) is 60.3 Å². The number of fused-ring (bicyclic) bond motifs is 1. The molecule has 3 aromatic rings. The van der Waals surface area contributed by atoms with Crippen LogP contribution in [0.15, 0.2) is 77.3 Å². The van der Waals surface area contributed by atoms with Crippen molar-refractivity contribution < 1.29 is 13.2 Å². The summed E-state index contributed by atoms with van der Waals surface area (Å²) in [7, 11) is -3.56. The molecular formula is C23H24N4O3S2. The van der Waals surface area contributed by atoms with Gasteiger partial charge in [0.25, 0.3) is 0 Å². The maximum absolute atomic E-state index is 12.8. The van der Waals surface area contributed by atoms with Crippen LogP contribution in [0.4, 0.5) is 0 Å². The summed E-state index contributed by atoms with van der Waals surface area (Å²) in [6.45, 7) is 5.41. The molecule has 32 heavy (non-hydrogen) atoms. The van der Waals surface area contributed by atoms with Crippen LogP contribution in [0.1, 0.15) is 17.0 Å². The van der Waals surface area contributed by atoms with E-state index >= 15 is 0 Å². The first-order valence-electron chi connectivity index (χ1n) is 10.3. The number of hydrogen-bond acceptors (Lipinski definition) is 6. The number of allylic oxidation sites excluding steroid dienone is 1. The molecule has 4 rings (SSSR count). The van der Waals surface area contributed by atoms with Gasteiger partial charge in [-0.2, -0.15) is 0 Å². The molecule has 0 saturated carbocycles. The van der Waals surface area contributed by atoms with Gasteiger partial charge in [0, 0.05) is 19.6 Å². The maximum Gasteiger partial charge on any atom is 0.233 e. The third-order valence-electron chi connectivity index (χ3n) is 5.33. The van der Waals surface area contributed by atoms with Crippen LogP contribution in [0, 0.1) is 0 Å². The van der Waals surface area contributed by atoms with Crippen molar-refractivity contribution in [3.63, 3.8) is 0 Å². The van der Waals surface area contributed by atoms with E-state index in [-0.39, 0.29) is 22.3 Å². The minimum atomic E-state index is -3.56. The van der Waals surface area contributed by atoms with Crippen LogP contribution in [-0.2, 0) is 39.9 Å². The predicted octanol–water partition coefficient (Wildman–Crippen LogP) is 3.12. The molecule has 0 unspecified atom stereocenters. The zero-order valence-corrected chi connectivity index (χ0v) is 19.2. The second-order valence-electron chi connectivity index (χ2n) is 7.49. The van der Waals surface area contributed by atoms with Crippen molar-refractivity contribution in [3.8, 4) is 0 Å². The van der Waals surface area contributed by atoms with Crippen LogP contribution in [-0.4, -0.2) is 46.3 Å². The van der Waals surface area contributed by atoms with E-state index in [9.17, 15) is 13.2 Å². The Bertz CT molecular complexity index is 1220. The second-order valence-corrected chi connectivity index (χ2v) is 10.4. The smallest absolute Gasteiger partial charge is 0.233 e. The van der Waals surface area contributed by atoms with Crippen LogP contribution in [0.25, 0.3) is 0 Å². The van der Waals surface area contributed by atoms with Gasteiger partial charge in [-0.3, -0.25) is 4.79 Å². The summed E-state index contributed by atoms with van der Waals surface area (Å²) in [6, 6.07) is 16.4. The van der Waals surface area contributed by atoms with E-state index in [0.29, 0.717) is 30.6 Å². The molecule has 1 aliphatic rings. The summed E-state index contributed by atoms with van der Waals surface area (Å²) in [5, 5.41) is 8.77. The van der Waals surface area contributed by atoms with E-state index < -0.39 is 9.84 Å². The zero-order valence-electron chi connectivity index (χ0n) is 17.6. The summed E-state index contributed by atoms with van der Waals surface area (Å²) in [5.41, 5.74) is 2.47. The minimum absolute atomic E-state index is 0.0242. The van der Waals surface area contributed by atoms with Crippen molar-refractivity contribution in [2.45, 2.75) is 35.3 Å². The van der Waals surface area contributed by atoms with E-state index in [2.05, 4.69) is 28.9 Å². The molecule has 0 saturated heterocycles. The number of benzene rings is 2. The van der Waals surface area contributed by atoms with Crippen molar-refractivity contribution in [2.24, 2.45) is 0 Å². The summed E-state index contributed by atoms with van der Waals surface area (Å²) in [5.74, 6) is 0.296. The normalized spacial score (nSPS) is 13.6. The van der Waals surface area contributed by atoms with Crippen molar-refractivity contribution in [2.75, 3.05) is 12.3 Å². The first kappa shape index (κ1) is 22.3. The van der Waals surface area contributed by atoms with Gasteiger partial charge in [0.2, 0.25) is 5.91 Å². The molecule has 0 spiro atoms. The highest BCUT2D eigenvalue weighted by Gasteiger charge is 2.24. The van der Waals surface area contributed by atoms with Crippen LogP contribution in [0.2, 0.25) is 0 Å². The van der Waals surface area contributed by atoms with Crippen LogP contribution < -0.4 is 0 Å². The number of sulfone groups is 1. The predicted molar refractivity (Wildman–Crippen MR) is 124 cm³/mol. The zero-order chi connectivity index (χ0) is 22.6. The lowest BCUT2D eigenvalue weighted by molar-refractivity contribution is -0.129. The van der Waals surface area contributed by atoms with Crippen LogP contribution >= 0.6 is 11.8 Å². The fraction of sp³-hybridized carbons (Fsp3) is 0.261. The fourth-order valence-electron chi connectivity index (χ4n) is 3.65. The molecule has 0 atom stereocenters. The fourth-order valence-corrected chi connectivity index (χ4v) is 5.81. The average Bonchev–Trinajstić information content (AvgIpc) is 3.18. The van der Waals surface area contributed by atoms with Gasteiger partial charge in [0.05, 0.1) is 10.6 Å². The van der Waals surface area contributed by atoms with Gasteiger partial charge in [-0.15, -0.1) is 16.8 Å². The van der Waals surface area contributed by atoms with Crippen molar-refractivity contribution in [1.29, 1.82) is 0 Å². The standard InChI is InChI=1S/C23H24N4O3S2/c1-2-13-27-21(17-32(29,30)20-10-4-3-5-11-20)24-25-23(27)31-16-22(28)26-14-12-18-8-6-7-9-19(18)15-26/h2-11H,1,12-17H2. The maximum atomic E-state index is 12.8. The van der Waals surface area contributed by atoms with E-state index in [0.717, 1.165) is 6.42 Å². The Morgan fingerprint density at radius 3 is 2.53 bits per heavy atom. The Balaban J connectivity index is 1.45. The number of carbonyl (C=O) groups excluding carboxylic acids is 1.